The van der Waals surface area contributed by atoms with E-state index in [4.69, 9.17) is 0 Å². The zero-order valence-electron chi connectivity index (χ0n) is 13.8. The van der Waals surface area contributed by atoms with E-state index in [2.05, 4.69) is 54.3 Å². The normalized spacial score (nSPS) is 16.2. The van der Waals surface area contributed by atoms with Crippen LogP contribution in [0.3, 0.4) is 0 Å². The van der Waals surface area contributed by atoms with Gasteiger partial charge < -0.3 is 5.32 Å². The first-order chi connectivity index (χ1) is 11.1. The number of hydrogen-bond acceptors (Lipinski definition) is 2. The van der Waals surface area contributed by atoms with Crippen LogP contribution in [0.1, 0.15) is 48.2 Å². The molecule has 2 aromatic rings. The predicted octanol–water partition coefficient (Wildman–Crippen LogP) is 3.01. The maximum atomic E-state index is 11.8. The Morgan fingerprint density at radius 2 is 2.22 bits per heavy atom. The molecule has 23 heavy (non-hydrogen) atoms. The Morgan fingerprint density at radius 1 is 1.39 bits per heavy atom. The summed E-state index contributed by atoms with van der Waals surface area (Å²) in [7, 11) is 0. The molecular formula is C19H21N3O. The molecule has 0 fully saturated rings. The molecule has 1 amide bonds. The number of amides is 1. The van der Waals surface area contributed by atoms with Crippen molar-refractivity contribution in [3.63, 3.8) is 0 Å². The lowest BCUT2D eigenvalue weighted by molar-refractivity contribution is -0.116. The number of aryl methyl sites for hydroxylation is 1. The summed E-state index contributed by atoms with van der Waals surface area (Å²) in [5.74, 6) is 4.98. The van der Waals surface area contributed by atoms with Gasteiger partial charge in [-0.2, -0.15) is 5.10 Å². The van der Waals surface area contributed by atoms with Crippen molar-refractivity contribution in [1.82, 2.24) is 15.1 Å². The van der Waals surface area contributed by atoms with Crippen LogP contribution in [0.15, 0.2) is 24.4 Å². The standard InChI is InChI=1S/C19H21N3O/c1-4-7-19(23)21-16-9-6-11-18-15(16)12-20-22(18)17-10-5-8-13(2)14(17)3/h5,8,10,12,16H,6,9,11H2,1-3H3,(H,21,23)/t16-/m1/s1. The van der Waals surface area contributed by atoms with E-state index < -0.39 is 0 Å². The summed E-state index contributed by atoms with van der Waals surface area (Å²) in [6.45, 7) is 5.91. The van der Waals surface area contributed by atoms with Crippen LogP contribution in [0.2, 0.25) is 0 Å². The van der Waals surface area contributed by atoms with Gasteiger partial charge in [0.25, 0.3) is 5.91 Å². The first-order valence-corrected chi connectivity index (χ1v) is 7.98. The van der Waals surface area contributed by atoms with Crippen molar-refractivity contribution in [1.29, 1.82) is 0 Å². The second-order valence-electron chi connectivity index (χ2n) is 5.97. The van der Waals surface area contributed by atoms with E-state index in [9.17, 15) is 4.79 Å². The Kier molecular flexibility index (Phi) is 4.20. The number of carbonyl (C=O) groups is 1. The van der Waals surface area contributed by atoms with E-state index in [1.54, 1.807) is 6.92 Å². The minimum atomic E-state index is -0.218. The molecule has 4 heteroatoms. The largest absolute Gasteiger partial charge is 0.338 e. The number of aromatic nitrogens is 2. The van der Waals surface area contributed by atoms with Gasteiger partial charge in [-0.15, -0.1) is 0 Å². The number of benzene rings is 1. The summed E-state index contributed by atoms with van der Waals surface area (Å²) < 4.78 is 2.03. The topological polar surface area (TPSA) is 46.9 Å². The molecular weight excluding hydrogens is 286 g/mol. The molecule has 0 saturated carbocycles. The Labute approximate surface area is 136 Å². The highest BCUT2D eigenvalue weighted by Gasteiger charge is 2.26. The van der Waals surface area contributed by atoms with E-state index in [-0.39, 0.29) is 11.9 Å². The number of nitrogens with zero attached hydrogens (tertiary/aromatic N) is 2. The van der Waals surface area contributed by atoms with Gasteiger partial charge in [0.05, 0.1) is 17.9 Å². The first kappa shape index (κ1) is 15.4. The van der Waals surface area contributed by atoms with Gasteiger partial charge in [-0.05, 0) is 63.1 Å². The fraction of sp³-hybridized carbons (Fsp3) is 0.368. The SMILES string of the molecule is CC#CC(=O)N[C@@H]1CCCc2c1cnn2-c1cccc(C)c1C. The molecule has 3 rings (SSSR count). The lowest BCUT2D eigenvalue weighted by Crippen LogP contribution is -2.30. The van der Waals surface area contributed by atoms with E-state index >= 15 is 0 Å². The van der Waals surface area contributed by atoms with Gasteiger partial charge in [0.15, 0.2) is 0 Å². The maximum absolute atomic E-state index is 11.8. The predicted molar refractivity (Wildman–Crippen MR) is 90.3 cm³/mol. The zero-order valence-corrected chi connectivity index (χ0v) is 13.8. The van der Waals surface area contributed by atoms with Gasteiger partial charge in [0.1, 0.15) is 0 Å². The van der Waals surface area contributed by atoms with Crippen LogP contribution in [0.5, 0.6) is 0 Å². The summed E-state index contributed by atoms with van der Waals surface area (Å²) in [5.41, 5.74) is 5.92. The average molecular weight is 307 g/mol. The van der Waals surface area contributed by atoms with Crippen molar-refractivity contribution in [2.75, 3.05) is 0 Å². The van der Waals surface area contributed by atoms with Crippen molar-refractivity contribution >= 4 is 5.91 Å². The van der Waals surface area contributed by atoms with Crippen LogP contribution < -0.4 is 5.32 Å². The number of nitrogens with one attached hydrogen (secondary N) is 1. The van der Waals surface area contributed by atoms with Crippen molar-refractivity contribution in [3.05, 3.63) is 46.8 Å². The summed E-state index contributed by atoms with van der Waals surface area (Å²) in [4.78, 5) is 11.8. The zero-order chi connectivity index (χ0) is 16.4. The summed E-state index contributed by atoms with van der Waals surface area (Å²) in [6, 6.07) is 6.28. The monoisotopic (exact) mass is 307 g/mol. The van der Waals surface area contributed by atoms with Gasteiger partial charge in [0.2, 0.25) is 0 Å². The van der Waals surface area contributed by atoms with E-state index in [0.717, 1.165) is 30.5 Å². The van der Waals surface area contributed by atoms with E-state index in [0.29, 0.717) is 0 Å². The molecule has 1 aromatic heterocycles. The van der Waals surface area contributed by atoms with Gasteiger partial charge in [-0.25, -0.2) is 4.68 Å². The molecule has 0 radical (unpaired) electrons. The highest BCUT2D eigenvalue weighted by atomic mass is 16.1. The van der Waals surface area contributed by atoms with Crippen molar-refractivity contribution < 1.29 is 4.79 Å². The minimum absolute atomic E-state index is 0.00552. The molecule has 0 unspecified atom stereocenters. The van der Waals surface area contributed by atoms with Gasteiger partial charge in [-0.3, -0.25) is 4.79 Å². The molecule has 118 valence electrons. The van der Waals surface area contributed by atoms with Crippen molar-refractivity contribution in [2.24, 2.45) is 0 Å². The lowest BCUT2D eigenvalue weighted by atomic mass is 9.92. The first-order valence-electron chi connectivity index (χ1n) is 7.98. The third kappa shape index (κ3) is 2.87. The van der Waals surface area contributed by atoms with Crippen LogP contribution in [0, 0.1) is 25.7 Å². The van der Waals surface area contributed by atoms with Crippen LogP contribution in [0.4, 0.5) is 0 Å². The molecule has 1 aliphatic rings. The fourth-order valence-electron chi connectivity index (χ4n) is 3.19. The van der Waals surface area contributed by atoms with Crippen molar-refractivity contribution in [3.8, 4) is 17.5 Å². The van der Waals surface area contributed by atoms with Gasteiger partial charge in [0, 0.05) is 11.3 Å². The molecule has 1 N–H and O–H groups in total. The van der Waals surface area contributed by atoms with Gasteiger partial charge in [-0.1, -0.05) is 18.1 Å². The van der Waals surface area contributed by atoms with Gasteiger partial charge >= 0.3 is 0 Å². The molecule has 1 atom stereocenters. The molecule has 1 aliphatic carbocycles. The second-order valence-corrected chi connectivity index (χ2v) is 5.97. The Bertz CT molecular complexity index is 808. The Hall–Kier alpha value is -2.54. The molecule has 0 spiro atoms. The molecule has 0 aliphatic heterocycles. The van der Waals surface area contributed by atoms with Crippen LogP contribution in [-0.2, 0) is 11.2 Å². The summed E-state index contributed by atoms with van der Waals surface area (Å²) >= 11 is 0. The minimum Gasteiger partial charge on any atom is -0.338 e. The van der Waals surface area contributed by atoms with E-state index in [1.807, 2.05) is 10.9 Å². The Balaban J connectivity index is 1.98. The third-order valence-corrected chi connectivity index (χ3v) is 4.53. The van der Waals surface area contributed by atoms with Crippen LogP contribution >= 0.6 is 0 Å². The second kappa shape index (κ2) is 6.29. The highest BCUT2D eigenvalue weighted by molar-refractivity contribution is 5.93. The lowest BCUT2D eigenvalue weighted by Gasteiger charge is -2.23. The highest BCUT2D eigenvalue weighted by Crippen LogP contribution is 2.31. The molecule has 1 aromatic carbocycles. The number of fused-ring (bicyclic) bond motifs is 1. The average Bonchev–Trinajstić information content (AvgIpc) is 2.95. The summed E-state index contributed by atoms with van der Waals surface area (Å²) in [6.07, 6.45) is 4.84. The van der Waals surface area contributed by atoms with Crippen molar-refractivity contribution in [2.45, 2.75) is 46.1 Å². The van der Waals surface area contributed by atoms with E-state index in [1.165, 1.54) is 16.8 Å². The molecule has 0 saturated heterocycles. The number of rotatable bonds is 2. The summed E-state index contributed by atoms with van der Waals surface area (Å²) in [5, 5.41) is 7.60. The quantitative estimate of drug-likeness (QED) is 0.867. The fourth-order valence-corrected chi connectivity index (χ4v) is 3.19. The number of carbonyl (C=O) groups excluding carboxylic acids is 1. The third-order valence-electron chi connectivity index (χ3n) is 4.53. The van der Waals surface area contributed by atoms with Crippen LogP contribution in [-0.4, -0.2) is 15.7 Å². The molecule has 4 nitrogen and oxygen atoms in total. The Morgan fingerprint density at radius 3 is 3.00 bits per heavy atom. The number of hydrogen-bond donors (Lipinski definition) is 1. The molecule has 0 bridgehead atoms. The van der Waals surface area contributed by atoms with Crippen LogP contribution in [0.25, 0.3) is 5.69 Å². The smallest absolute Gasteiger partial charge is 0.296 e. The molecule has 1 heterocycles. The maximum Gasteiger partial charge on any atom is 0.296 e.